The lowest BCUT2D eigenvalue weighted by atomic mass is 10.1. The third-order valence-corrected chi connectivity index (χ3v) is 3.00. The van der Waals surface area contributed by atoms with Gasteiger partial charge in [-0.15, -0.1) is 0 Å². The minimum Gasteiger partial charge on any atom is -0.495 e. The van der Waals surface area contributed by atoms with Crippen LogP contribution in [0.15, 0.2) is 26.7 Å². The van der Waals surface area contributed by atoms with Gasteiger partial charge in [-0.3, -0.25) is 0 Å². The highest BCUT2D eigenvalue weighted by Crippen LogP contribution is 2.33. The van der Waals surface area contributed by atoms with Gasteiger partial charge in [0.2, 0.25) is 0 Å². The molecule has 0 spiro atoms. The first kappa shape index (κ1) is 13.3. The summed E-state index contributed by atoms with van der Waals surface area (Å²) in [6.45, 7) is 1.54. The van der Waals surface area contributed by atoms with Gasteiger partial charge >= 0.3 is 5.97 Å². The molecule has 0 aliphatic carbocycles. The van der Waals surface area contributed by atoms with Crippen molar-refractivity contribution in [1.82, 2.24) is 0 Å². The Morgan fingerprint density at radius 1 is 1.44 bits per heavy atom. The standard InChI is InChI=1S/C11H10Br2O3/c1-6(11(14)15)3-7-4-8(12)5-9(13)10(7)16-2/h3-5H,1-2H3,(H,14,15). The van der Waals surface area contributed by atoms with E-state index in [9.17, 15) is 4.79 Å². The topological polar surface area (TPSA) is 46.5 Å². The number of hydrogen-bond acceptors (Lipinski definition) is 2. The number of hydrogen-bond donors (Lipinski definition) is 1. The summed E-state index contributed by atoms with van der Waals surface area (Å²) in [6, 6.07) is 3.64. The lowest BCUT2D eigenvalue weighted by molar-refractivity contribution is -0.132. The highest BCUT2D eigenvalue weighted by Gasteiger charge is 2.09. The maximum atomic E-state index is 10.7. The minimum absolute atomic E-state index is 0.253. The molecule has 0 fully saturated rings. The number of rotatable bonds is 3. The van der Waals surface area contributed by atoms with E-state index in [0.29, 0.717) is 11.3 Å². The Morgan fingerprint density at radius 3 is 2.56 bits per heavy atom. The van der Waals surface area contributed by atoms with Crippen LogP contribution in [-0.2, 0) is 4.79 Å². The van der Waals surface area contributed by atoms with Crippen molar-refractivity contribution in [2.24, 2.45) is 0 Å². The van der Waals surface area contributed by atoms with Gasteiger partial charge in [0.1, 0.15) is 5.75 Å². The van der Waals surface area contributed by atoms with Crippen LogP contribution in [0.5, 0.6) is 5.75 Å². The number of methoxy groups -OCH3 is 1. The van der Waals surface area contributed by atoms with Crippen LogP contribution in [-0.4, -0.2) is 18.2 Å². The fraction of sp³-hybridized carbons (Fsp3) is 0.182. The summed E-state index contributed by atoms with van der Waals surface area (Å²) in [5.41, 5.74) is 0.965. The minimum atomic E-state index is -0.946. The quantitative estimate of drug-likeness (QED) is 0.846. The first-order chi connectivity index (χ1) is 7.45. The fourth-order valence-electron chi connectivity index (χ4n) is 1.20. The lowest BCUT2D eigenvalue weighted by Gasteiger charge is -2.08. The molecule has 0 aliphatic heterocycles. The summed E-state index contributed by atoms with van der Waals surface area (Å²) in [5.74, 6) is -0.332. The van der Waals surface area contributed by atoms with Gasteiger partial charge < -0.3 is 9.84 Å². The van der Waals surface area contributed by atoms with Gasteiger partial charge in [0.05, 0.1) is 11.6 Å². The van der Waals surface area contributed by atoms with E-state index in [2.05, 4.69) is 31.9 Å². The third kappa shape index (κ3) is 3.09. The van der Waals surface area contributed by atoms with E-state index in [-0.39, 0.29) is 5.57 Å². The highest BCUT2D eigenvalue weighted by atomic mass is 79.9. The molecule has 1 aromatic carbocycles. The molecule has 5 heteroatoms. The zero-order chi connectivity index (χ0) is 12.3. The fourth-order valence-corrected chi connectivity index (χ4v) is 2.62. The summed E-state index contributed by atoms with van der Waals surface area (Å²) in [5, 5.41) is 8.81. The van der Waals surface area contributed by atoms with Gasteiger partial charge in [0, 0.05) is 15.6 Å². The molecule has 0 atom stereocenters. The third-order valence-electron chi connectivity index (χ3n) is 1.95. The molecular weight excluding hydrogens is 340 g/mol. The van der Waals surface area contributed by atoms with Crippen LogP contribution in [0.4, 0.5) is 0 Å². The zero-order valence-electron chi connectivity index (χ0n) is 8.75. The molecule has 0 bridgehead atoms. The smallest absolute Gasteiger partial charge is 0.331 e. The average molecular weight is 350 g/mol. The van der Waals surface area contributed by atoms with Crippen molar-refractivity contribution in [3.8, 4) is 5.75 Å². The van der Waals surface area contributed by atoms with E-state index in [1.807, 2.05) is 6.07 Å². The Morgan fingerprint density at radius 2 is 2.06 bits per heavy atom. The predicted molar refractivity (Wildman–Crippen MR) is 69.7 cm³/mol. The molecule has 0 radical (unpaired) electrons. The van der Waals surface area contributed by atoms with Gasteiger partial charge in [0.25, 0.3) is 0 Å². The van der Waals surface area contributed by atoms with Crippen LogP contribution in [0.2, 0.25) is 0 Å². The maximum absolute atomic E-state index is 10.7. The van der Waals surface area contributed by atoms with Gasteiger partial charge in [-0.1, -0.05) is 15.9 Å². The molecule has 3 nitrogen and oxygen atoms in total. The van der Waals surface area contributed by atoms with Crippen molar-refractivity contribution in [3.63, 3.8) is 0 Å². The SMILES string of the molecule is COc1c(Br)cc(Br)cc1C=C(C)C(=O)O. The van der Waals surface area contributed by atoms with Crippen molar-refractivity contribution in [2.75, 3.05) is 7.11 Å². The Balaban J connectivity index is 3.32. The van der Waals surface area contributed by atoms with Gasteiger partial charge in [-0.2, -0.15) is 0 Å². The Bertz CT molecular complexity index is 453. The number of carboxylic acids is 1. The summed E-state index contributed by atoms with van der Waals surface area (Å²) < 4.78 is 6.83. The Kier molecular flexibility index (Phi) is 4.56. The number of aliphatic carboxylic acids is 1. The molecular formula is C11H10Br2O3. The molecule has 1 aromatic rings. The summed E-state index contributed by atoms with van der Waals surface area (Å²) in [4.78, 5) is 10.7. The van der Waals surface area contributed by atoms with Gasteiger partial charge in [-0.05, 0) is 41.1 Å². The molecule has 0 saturated heterocycles. The Labute approximate surface area is 110 Å². The molecule has 0 amide bonds. The maximum Gasteiger partial charge on any atom is 0.331 e. The van der Waals surface area contributed by atoms with Gasteiger partial charge in [0.15, 0.2) is 0 Å². The number of carboxylic acid groups (broad SMARTS) is 1. The van der Waals surface area contributed by atoms with Crippen LogP contribution < -0.4 is 4.74 Å². The number of carbonyl (C=O) groups is 1. The molecule has 86 valence electrons. The van der Waals surface area contributed by atoms with Crippen molar-refractivity contribution in [1.29, 1.82) is 0 Å². The second-order valence-electron chi connectivity index (χ2n) is 3.14. The van der Waals surface area contributed by atoms with Crippen molar-refractivity contribution in [3.05, 3.63) is 32.2 Å². The molecule has 0 saturated carbocycles. The van der Waals surface area contributed by atoms with Crippen molar-refractivity contribution < 1.29 is 14.6 Å². The van der Waals surface area contributed by atoms with Crippen LogP contribution in [0, 0.1) is 0 Å². The first-order valence-corrected chi connectivity index (χ1v) is 5.99. The van der Waals surface area contributed by atoms with E-state index in [1.165, 1.54) is 6.92 Å². The van der Waals surface area contributed by atoms with Crippen LogP contribution in [0.1, 0.15) is 12.5 Å². The average Bonchev–Trinajstić information content (AvgIpc) is 2.16. The molecule has 1 N–H and O–H groups in total. The van der Waals surface area contributed by atoms with E-state index in [1.54, 1.807) is 19.3 Å². The van der Waals surface area contributed by atoms with E-state index < -0.39 is 5.97 Å². The molecule has 0 aliphatic rings. The highest BCUT2D eigenvalue weighted by molar-refractivity contribution is 9.11. The van der Waals surface area contributed by atoms with E-state index >= 15 is 0 Å². The molecule has 0 heterocycles. The predicted octanol–water partition coefficient (Wildman–Crippen LogP) is 3.71. The molecule has 16 heavy (non-hydrogen) atoms. The monoisotopic (exact) mass is 348 g/mol. The van der Waals surface area contributed by atoms with Crippen molar-refractivity contribution >= 4 is 43.9 Å². The van der Waals surface area contributed by atoms with Gasteiger partial charge in [-0.25, -0.2) is 4.79 Å². The van der Waals surface area contributed by atoms with Crippen LogP contribution >= 0.6 is 31.9 Å². The number of benzene rings is 1. The summed E-state index contributed by atoms with van der Waals surface area (Å²) >= 11 is 6.69. The van der Waals surface area contributed by atoms with E-state index in [4.69, 9.17) is 9.84 Å². The molecule has 0 unspecified atom stereocenters. The largest absolute Gasteiger partial charge is 0.495 e. The molecule has 0 aromatic heterocycles. The molecule has 1 rings (SSSR count). The second kappa shape index (κ2) is 5.50. The Hall–Kier alpha value is -0.810. The summed E-state index contributed by atoms with van der Waals surface area (Å²) in [7, 11) is 1.54. The second-order valence-corrected chi connectivity index (χ2v) is 4.91. The zero-order valence-corrected chi connectivity index (χ0v) is 11.9. The van der Waals surface area contributed by atoms with Crippen LogP contribution in [0.25, 0.3) is 6.08 Å². The number of ether oxygens (including phenoxy) is 1. The number of halogens is 2. The van der Waals surface area contributed by atoms with Crippen LogP contribution in [0.3, 0.4) is 0 Å². The lowest BCUT2D eigenvalue weighted by Crippen LogP contribution is -1.96. The normalized spacial score (nSPS) is 11.4. The van der Waals surface area contributed by atoms with Crippen molar-refractivity contribution in [2.45, 2.75) is 6.92 Å². The van der Waals surface area contributed by atoms with E-state index in [0.717, 1.165) is 8.95 Å². The first-order valence-electron chi connectivity index (χ1n) is 4.40. The summed E-state index contributed by atoms with van der Waals surface area (Å²) in [6.07, 6.45) is 1.57.